The van der Waals surface area contributed by atoms with Crippen molar-refractivity contribution in [2.75, 3.05) is 32.1 Å². The number of nitrogens with zero attached hydrogens (tertiary/aromatic N) is 1. The normalized spacial score (nSPS) is 18.8. The fraction of sp³-hybridized carbons (Fsp3) is 0.571. The Balaban J connectivity index is 2.08. The number of nitrogens with one attached hydrogen (secondary N) is 1. The van der Waals surface area contributed by atoms with Gasteiger partial charge in [0.05, 0.1) is 12.1 Å². The van der Waals surface area contributed by atoms with E-state index in [0.717, 1.165) is 6.54 Å². The summed E-state index contributed by atoms with van der Waals surface area (Å²) in [5.41, 5.74) is 1.05. The summed E-state index contributed by atoms with van der Waals surface area (Å²) < 4.78 is 0. The molecule has 0 aliphatic heterocycles. The molecule has 0 heterocycles. The fourth-order valence-corrected chi connectivity index (χ4v) is 2.50. The van der Waals surface area contributed by atoms with Crippen molar-refractivity contribution in [1.29, 1.82) is 0 Å². The fourth-order valence-electron chi connectivity index (χ4n) is 2.50. The van der Waals surface area contributed by atoms with Crippen LogP contribution in [0.1, 0.15) is 12.8 Å². The summed E-state index contributed by atoms with van der Waals surface area (Å²) in [6.45, 7) is 1.04. The number of benzene rings is 1. The van der Waals surface area contributed by atoms with E-state index in [-0.39, 0.29) is 12.1 Å². The molecule has 1 aliphatic carbocycles. The lowest BCUT2D eigenvalue weighted by molar-refractivity contribution is 0.153. The first kappa shape index (κ1) is 12.4. The van der Waals surface area contributed by atoms with Gasteiger partial charge in [-0.05, 0) is 37.9 Å². The van der Waals surface area contributed by atoms with Gasteiger partial charge in [-0.15, -0.1) is 0 Å². The van der Waals surface area contributed by atoms with Crippen LogP contribution < -0.4 is 10.2 Å². The van der Waals surface area contributed by atoms with Crippen LogP contribution in [0.5, 0.6) is 0 Å². The first-order valence-corrected chi connectivity index (χ1v) is 6.28. The number of anilines is 1. The van der Waals surface area contributed by atoms with E-state index < -0.39 is 0 Å². The number of hydrogen-bond donors (Lipinski definition) is 2. The van der Waals surface area contributed by atoms with Crippen molar-refractivity contribution in [3.63, 3.8) is 0 Å². The Morgan fingerprint density at radius 2 is 2.00 bits per heavy atom. The molecule has 0 bridgehead atoms. The van der Waals surface area contributed by atoms with Gasteiger partial charge in [-0.1, -0.05) is 18.2 Å². The molecule has 1 unspecified atom stereocenters. The molecule has 94 valence electrons. The Labute approximate surface area is 103 Å². The van der Waals surface area contributed by atoms with Gasteiger partial charge in [-0.2, -0.15) is 0 Å². The zero-order chi connectivity index (χ0) is 12.3. The highest BCUT2D eigenvalue weighted by molar-refractivity contribution is 5.45. The van der Waals surface area contributed by atoms with Crippen molar-refractivity contribution in [3.05, 3.63) is 30.3 Å². The predicted molar refractivity (Wildman–Crippen MR) is 71.3 cm³/mol. The van der Waals surface area contributed by atoms with Gasteiger partial charge in [-0.3, -0.25) is 0 Å². The molecule has 1 aromatic carbocycles. The maximum absolute atomic E-state index is 9.69. The summed E-state index contributed by atoms with van der Waals surface area (Å²) >= 11 is 0. The van der Waals surface area contributed by atoms with Crippen molar-refractivity contribution >= 4 is 5.69 Å². The Hall–Kier alpha value is -1.06. The van der Waals surface area contributed by atoms with Gasteiger partial charge in [0.2, 0.25) is 0 Å². The Kier molecular flexibility index (Phi) is 3.69. The molecule has 3 heteroatoms. The highest BCUT2D eigenvalue weighted by atomic mass is 16.3. The van der Waals surface area contributed by atoms with E-state index in [1.807, 2.05) is 25.2 Å². The molecule has 0 radical (unpaired) electrons. The first-order valence-electron chi connectivity index (χ1n) is 6.28. The van der Waals surface area contributed by atoms with Gasteiger partial charge in [0, 0.05) is 19.3 Å². The van der Waals surface area contributed by atoms with Crippen LogP contribution in [-0.2, 0) is 0 Å². The molecular formula is C14H22N2O. The van der Waals surface area contributed by atoms with E-state index >= 15 is 0 Å². The standard InChI is InChI=1S/C14H22N2O/c1-15-14(11-17,12-8-9-12)10-16(2)13-6-4-3-5-7-13/h3-7,12,15,17H,8-11H2,1-2H3. The van der Waals surface area contributed by atoms with Crippen LogP contribution in [0.2, 0.25) is 0 Å². The topological polar surface area (TPSA) is 35.5 Å². The Bertz CT molecular complexity index is 344. The minimum absolute atomic E-state index is 0.148. The van der Waals surface area contributed by atoms with E-state index in [9.17, 15) is 5.11 Å². The van der Waals surface area contributed by atoms with Crippen molar-refractivity contribution in [2.24, 2.45) is 5.92 Å². The third-order valence-corrected chi connectivity index (χ3v) is 3.86. The monoisotopic (exact) mass is 234 g/mol. The lowest BCUT2D eigenvalue weighted by Gasteiger charge is -2.36. The minimum atomic E-state index is -0.148. The summed E-state index contributed by atoms with van der Waals surface area (Å²) in [6, 6.07) is 10.3. The summed E-state index contributed by atoms with van der Waals surface area (Å²) in [5, 5.41) is 13.0. The molecular weight excluding hydrogens is 212 g/mol. The second-order valence-electron chi connectivity index (χ2n) is 5.03. The summed E-state index contributed by atoms with van der Waals surface area (Å²) in [4.78, 5) is 2.21. The zero-order valence-electron chi connectivity index (χ0n) is 10.7. The maximum Gasteiger partial charge on any atom is 0.0633 e. The molecule has 3 nitrogen and oxygen atoms in total. The van der Waals surface area contributed by atoms with Crippen LogP contribution in [0.3, 0.4) is 0 Å². The first-order chi connectivity index (χ1) is 8.22. The van der Waals surface area contributed by atoms with Gasteiger partial charge < -0.3 is 15.3 Å². The second-order valence-corrected chi connectivity index (χ2v) is 5.03. The van der Waals surface area contributed by atoms with Gasteiger partial charge in [0.15, 0.2) is 0 Å². The Morgan fingerprint density at radius 1 is 1.35 bits per heavy atom. The van der Waals surface area contributed by atoms with Crippen molar-refractivity contribution < 1.29 is 5.11 Å². The van der Waals surface area contributed by atoms with Crippen molar-refractivity contribution in [1.82, 2.24) is 5.32 Å². The van der Waals surface area contributed by atoms with Crippen molar-refractivity contribution in [3.8, 4) is 0 Å². The van der Waals surface area contributed by atoms with Crippen LogP contribution in [0.4, 0.5) is 5.69 Å². The van der Waals surface area contributed by atoms with E-state index in [1.54, 1.807) is 0 Å². The van der Waals surface area contributed by atoms with E-state index in [2.05, 4.69) is 29.4 Å². The molecule has 0 amide bonds. The highest BCUT2D eigenvalue weighted by Crippen LogP contribution is 2.40. The molecule has 1 aliphatic rings. The third kappa shape index (κ3) is 2.61. The summed E-state index contributed by atoms with van der Waals surface area (Å²) in [6.07, 6.45) is 2.45. The smallest absolute Gasteiger partial charge is 0.0633 e. The summed E-state index contributed by atoms with van der Waals surface area (Å²) in [7, 11) is 4.03. The number of para-hydroxylation sites is 1. The molecule has 2 rings (SSSR count). The van der Waals surface area contributed by atoms with E-state index in [4.69, 9.17) is 0 Å². The van der Waals surface area contributed by atoms with Crippen LogP contribution >= 0.6 is 0 Å². The lowest BCUT2D eigenvalue weighted by Crippen LogP contribution is -2.56. The van der Waals surface area contributed by atoms with Crippen LogP contribution in [0.25, 0.3) is 0 Å². The number of hydrogen-bond acceptors (Lipinski definition) is 3. The lowest BCUT2D eigenvalue weighted by atomic mass is 9.93. The van der Waals surface area contributed by atoms with E-state index in [0.29, 0.717) is 5.92 Å². The number of aliphatic hydroxyl groups is 1. The Morgan fingerprint density at radius 3 is 2.47 bits per heavy atom. The van der Waals surface area contributed by atoms with Crippen LogP contribution in [0.15, 0.2) is 30.3 Å². The van der Waals surface area contributed by atoms with Crippen LogP contribution in [0, 0.1) is 5.92 Å². The molecule has 0 spiro atoms. The van der Waals surface area contributed by atoms with Gasteiger partial charge in [0.25, 0.3) is 0 Å². The van der Waals surface area contributed by atoms with Gasteiger partial charge >= 0.3 is 0 Å². The van der Waals surface area contributed by atoms with E-state index in [1.165, 1.54) is 18.5 Å². The summed E-state index contributed by atoms with van der Waals surface area (Å²) in [5.74, 6) is 0.615. The largest absolute Gasteiger partial charge is 0.394 e. The predicted octanol–water partition coefficient (Wildman–Crippen LogP) is 1.48. The number of rotatable bonds is 6. The third-order valence-electron chi connectivity index (χ3n) is 3.86. The molecule has 0 saturated heterocycles. The molecule has 1 atom stereocenters. The molecule has 17 heavy (non-hydrogen) atoms. The quantitative estimate of drug-likeness (QED) is 0.782. The average molecular weight is 234 g/mol. The van der Waals surface area contributed by atoms with Crippen molar-refractivity contribution in [2.45, 2.75) is 18.4 Å². The second kappa shape index (κ2) is 5.07. The maximum atomic E-state index is 9.69. The average Bonchev–Trinajstić information content (AvgIpc) is 3.21. The van der Waals surface area contributed by atoms with Gasteiger partial charge in [-0.25, -0.2) is 0 Å². The zero-order valence-corrected chi connectivity index (χ0v) is 10.7. The SMILES string of the molecule is CNC(CO)(CN(C)c1ccccc1)C1CC1. The minimum Gasteiger partial charge on any atom is -0.394 e. The number of likely N-dealkylation sites (N-methyl/N-ethyl adjacent to an activating group) is 2. The molecule has 0 aromatic heterocycles. The number of aliphatic hydroxyl groups excluding tert-OH is 1. The van der Waals surface area contributed by atoms with Crippen LogP contribution in [-0.4, -0.2) is 37.9 Å². The van der Waals surface area contributed by atoms with Gasteiger partial charge in [0.1, 0.15) is 0 Å². The molecule has 1 aromatic rings. The molecule has 2 N–H and O–H groups in total. The molecule has 1 fully saturated rings. The highest BCUT2D eigenvalue weighted by Gasteiger charge is 2.44. The molecule has 1 saturated carbocycles.